The minimum Gasteiger partial charge on any atom is -0.494 e. The number of ether oxygens (including phenoxy) is 1. The lowest BCUT2D eigenvalue weighted by molar-refractivity contribution is 0.0971. The van der Waals surface area contributed by atoms with Crippen molar-refractivity contribution in [2.24, 2.45) is 0 Å². The molecule has 1 aliphatic heterocycles. The normalized spacial score (nSPS) is 15.4. The summed E-state index contributed by atoms with van der Waals surface area (Å²) in [5.41, 5.74) is 1.99. The van der Waals surface area contributed by atoms with Gasteiger partial charge in [-0.25, -0.2) is 0 Å². The maximum atomic E-state index is 13.6. The number of hydrogen-bond acceptors (Lipinski definition) is 4. The Labute approximate surface area is 187 Å². The fraction of sp³-hybridized carbons (Fsp3) is 0.120. The summed E-state index contributed by atoms with van der Waals surface area (Å²) in [5, 5.41) is 0.432. The van der Waals surface area contributed by atoms with Crippen LogP contribution in [-0.4, -0.2) is 12.5 Å². The zero-order valence-corrected chi connectivity index (χ0v) is 18.3. The maximum Gasteiger partial charge on any atom is 0.295 e. The molecule has 0 fully saturated rings. The standard InChI is InChI=1S/C25H18BrNO4/c1-2-30-18-10-6-7-15(13-18)22-21-23(28)19-14-16(26)11-12-20(19)31-24(21)25(29)27(22)17-8-4-3-5-9-17/h3-14,22H,2H2,1H3. The predicted molar refractivity (Wildman–Crippen MR) is 123 cm³/mol. The molecule has 3 aromatic carbocycles. The molecular formula is C25H18BrNO4. The van der Waals surface area contributed by atoms with E-state index in [9.17, 15) is 9.59 Å². The molecule has 2 heterocycles. The van der Waals surface area contributed by atoms with Crippen LogP contribution in [-0.2, 0) is 0 Å². The van der Waals surface area contributed by atoms with E-state index in [0.29, 0.717) is 34.6 Å². The Hall–Kier alpha value is -3.38. The summed E-state index contributed by atoms with van der Waals surface area (Å²) in [5.74, 6) is 0.423. The SMILES string of the molecule is CCOc1cccc(C2c3c(oc4ccc(Br)cc4c3=O)C(=O)N2c2ccccc2)c1. The number of para-hydroxylation sites is 1. The van der Waals surface area contributed by atoms with Gasteiger partial charge < -0.3 is 9.15 Å². The van der Waals surface area contributed by atoms with Crippen molar-refractivity contribution in [3.8, 4) is 5.75 Å². The molecule has 4 aromatic rings. The van der Waals surface area contributed by atoms with Crippen molar-refractivity contribution >= 4 is 38.5 Å². The molecule has 0 spiro atoms. The molecule has 0 radical (unpaired) electrons. The van der Waals surface area contributed by atoms with Crippen LogP contribution in [0.3, 0.4) is 0 Å². The van der Waals surface area contributed by atoms with Gasteiger partial charge in [0.05, 0.1) is 23.6 Å². The monoisotopic (exact) mass is 475 g/mol. The quantitative estimate of drug-likeness (QED) is 0.379. The summed E-state index contributed by atoms with van der Waals surface area (Å²) < 4.78 is 12.4. The summed E-state index contributed by atoms with van der Waals surface area (Å²) in [6, 6.07) is 21.4. The Morgan fingerprint density at radius 1 is 1.00 bits per heavy atom. The Morgan fingerprint density at radius 3 is 2.58 bits per heavy atom. The van der Waals surface area contributed by atoms with E-state index >= 15 is 0 Å². The topological polar surface area (TPSA) is 59.8 Å². The minimum atomic E-state index is -0.620. The largest absolute Gasteiger partial charge is 0.494 e. The Morgan fingerprint density at radius 2 is 1.81 bits per heavy atom. The van der Waals surface area contributed by atoms with E-state index in [1.807, 2.05) is 61.5 Å². The second kappa shape index (κ2) is 7.71. The fourth-order valence-electron chi connectivity index (χ4n) is 4.06. The van der Waals surface area contributed by atoms with E-state index in [2.05, 4.69) is 15.9 Å². The van der Waals surface area contributed by atoms with Crippen molar-refractivity contribution < 1.29 is 13.9 Å². The molecule has 5 nitrogen and oxygen atoms in total. The average Bonchev–Trinajstić information content (AvgIpc) is 3.08. The van der Waals surface area contributed by atoms with Gasteiger partial charge in [0.2, 0.25) is 5.76 Å². The van der Waals surface area contributed by atoms with Crippen LogP contribution in [0, 0.1) is 0 Å². The highest BCUT2D eigenvalue weighted by Crippen LogP contribution is 2.41. The molecule has 154 valence electrons. The Balaban J connectivity index is 1.80. The lowest BCUT2D eigenvalue weighted by Gasteiger charge is -2.25. The number of carbonyl (C=O) groups is 1. The molecule has 1 amide bonds. The van der Waals surface area contributed by atoms with Crippen molar-refractivity contribution in [2.45, 2.75) is 13.0 Å². The van der Waals surface area contributed by atoms with Crippen LogP contribution in [0.25, 0.3) is 11.0 Å². The van der Waals surface area contributed by atoms with Gasteiger partial charge in [0.25, 0.3) is 5.91 Å². The maximum absolute atomic E-state index is 13.6. The third-order valence-corrected chi connectivity index (χ3v) is 5.84. The van der Waals surface area contributed by atoms with E-state index in [4.69, 9.17) is 9.15 Å². The first-order valence-corrected chi connectivity index (χ1v) is 10.8. The first-order valence-electron chi connectivity index (χ1n) is 9.96. The first kappa shape index (κ1) is 19.6. The fourth-order valence-corrected chi connectivity index (χ4v) is 4.42. The number of benzene rings is 3. The van der Waals surface area contributed by atoms with Crippen LogP contribution in [0.1, 0.15) is 34.6 Å². The number of carbonyl (C=O) groups excluding carboxylic acids is 1. The van der Waals surface area contributed by atoms with E-state index in [1.54, 1.807) is 23.1 Å². The highest BCUT2D eigenvalue weighted by atomic mass is 79.9. The van der Waals surface area contributed by atoms with Crippen LogP contribution >= 0.6 is 15.9 Å². The smallest absolute Gasteiger partial charge is 0.295 e. The van der Waals surface area contributed by atoms with Crippen LogP contribution in [0.4, 0.5) is 5.69 Å². The van der Waals surface area contributed by atoms with Crippen LogP contribution in [0.15, 0.2) is 86.5 Å². The summed E-state index contributed by atoms with van der Waals surface area (Å²) in [6.07, 6.45) is 0. The van der Waals surface area contributed by atoms with Gasteiger partial charge in [0, 0.05) is 10.2 Å². The molecule has 1 aromatic heterocycles. The van der Waals surface area contributed by atoms with E-state index in [1.165, 1.54) is 0 Å². The molecule has 0 aliphatic carbocycles. The summed E-state index contributed by atoms with van der Waals surface area (Å²) >= 11 is 3.42. The Kier molecular flexibility index (Phi) is 4.87. The first-order chi connectivity index (χ1) is 15.1. The van der Waals surface area contributed by atoms with Gasteiger partial charge in [-0.2, -0.15) is 0 Å². The van der Waals surface area contributed by atoms with E-state index in [0.717, 1.165) is 10.0 Å². The lowest BCUT2D eigenvalue weighted by Crippen LogP contribution is -2.29. The van der Waals surface area contributed by atoms with Crippen molar-refractivity contribution in [3.05, 3.63) is 104 Å². The number of amides is 1. The van der Waals surface area contributed by atoms with Gasteiger partial charge in [-0.1, -0.05) is 46.3 Å². The molecule has 0 saturated heterocycles. The zero-order chi connectivity index (χ0) is 21.5. The van der Waals surface area contributed by atoms with Gasteiger partial charge in [0.15, 0.2) is 5.43 Å². The predicted octanol–water partition coefficient (Wildman–Crippen LogP) is 5.70. The van der Waals surface area contributed by atoms with Gasteiger partial charge in [0.1, 0.15) is 11.3 Å². The summed E-state index contributed by atoms with van der Waals surface area (Å²) in [4.78, 5) is 28.7. The molecule has 5 rings (SSSR count). The van der Waals surface area contributed by atoms with Crippen molar-refractivity contribution in [3.63, 3.8) is 0 Å². The molecule has 0 saturated carbocycles. The summed E-state index contributed by atoms with van der Waals surface area (Å²) in [6.45, 7) is 2.43. The molecular weight excluding hydrogens is 458 g/mol. The molecule has 6 heteroatoms. The van der Waals surface area contributed by atoms with E-state index < -0.39 is 6.04 Å². The highest BCUT2D eigenvalue weighted by molar-refractivity contribution is 9.10. The van der Waals surface area contributed by atoms with Crippen molar-refractivity contribution in [2.75, 3.05) is 11.5 Å². The number of halogens is 1. The van der Waals surface area contributed by atoms with Gasteiger partial charge >= 0.3 is 0 Å². The minimum absolute atomic E-state index is 0.0792. The molecule has 31 heavy (non-hydrogen) atoms. The van der Waals surface area contributed by atoms with Gasteiger partial charge in [-0.3, -0.25) is 14.5 Å². The number of nitrogens with zero attached hydrogens (tertiary/aromatic N) is 1. The molecule has 0 N–H and O–H groups in total. The van der Waals surface area contributed by atoms with Crippen LogP contribution < -0.4 is 15.1 Å². The second-order valence-corrected chi connectivity index (χ2v) is 8.15. The molecule has 1 aliphatic rings. The lowest BCUT2D eigenvalue weighted by atomic mass is 9.98. The number of rotatable bonds is 4. The Bertz CT molecular complexity index is 1360. The van der Waals surface area contributed by atoms with Crippen molar-refractivity contribution in [1.82, 2.24) is 0 Å². The third kappa shape index (κ3) is 3.24. The molecule has 0 bridgehead atoms. The van der Waals surface area contributed by atoms with E-state index in [-0.39, 0.29) is 17.1 Å². The zero-order valence-electron chi connectivity index (χ0n) is 16.7. The number of anilines is 1. The highest BCUT2D eigenvalue weighted by Gasteiger charge is 2.43. The second-order valence-electron chi connectivity index (χ2n) is 7.23. The third-order valence-electron chi connectivity index (χ3n) is 5.35. The number of fused-ring (bicyclic) bond motifs is 2. The van der Waals surface area contributed by atoms with Gasteiger partial charge in [-0.15, -0.1) is 0 Å². The molecule has 1 unspecified atom stereocenters. The molecule has 1 atom stereocenters. The summed E-state index contributed by atoms with van der Waals surface area (Å²) in [7, 11) is 0. The average molecular weight is 476 g/mol. The number of hydrogen-bond donors (Lipinski definition) is 0. The van der Waals surface area contributed by atoms with Crippen LogP contribution in [0.2, 0.25) is 0 Å². The van der Waals surface area contributed by atoms with Gasteiger partial charge in [-0.05, 0) is 55.0 Å². The van der Waals surface area contributed by atoms with Crippen molar-refractivity contribution in [1.29, 1.82) is 0 Å². The van der Waals surface area contributed by atoms with Crippen LogP contribution in [0.5, 0.6) is 5.75 Å².